The van der Waals surface area contributed by atoms with Crippen molar-refractivity contribution in [3.8, 4) is 22.8 Å². The number of nitrogens with two attached hydrogens (primary N) is 1. The lowest BCUT2D eigenvalue weighted by Crippen LogP contribution is -1.97. The zero-order valence-electron chi connectivity index (χ0n) is 12.7. The van der Waals surface area contributed by atoms with Crippen LogP contribution in [0.15, 0.2) is 48.1 Å². The summed E-state index contributed by atoms with van der Waals surface area (Å²) in [5.74, 6) is 1.47. The minimum atomic E-state index is 0.445. The molecule has 0 unspecified atom stereocenters. The van der Waals surface area contributed by atoms with Crippen LogP contribution in [0.3, 0.4) is 0 Å². The van der Waals surface area contributed by atoms with E-state index >= 15 is 0 Å². The third-order valence-corrected chi connectivity index (χ3v) is 4.20. The summed E-state index contributed by atoms with van der Waals surface area (Å²) in [6.07, 6.45) is 3.50. The number of pyridine rings is 1. The van der Waals surface area contributed by atoms with Gasteiger partial charge in [-0.15, -0.1) is 11.3 Å². The summed E-state index contributed by atoms with van der Waals surface area (Å²) in [4.78, 5) is 8.49. The zero-order valence-corrected chi connectivity index (χ0v) is 13.5. The quantitative estimate of drug-likeness (QED) is 0.752. The molecule has 2 aromatic heterocycles. The van der Waals surface area contributed by atoms with Crippen LogP contribution < -0.4 is 15.2 Å². The Bertz CT molecular complexity index is 775. The first-order valence-electron chi connectivity index (χ1n) is 7.14. The van der Waals surface area contributed by atoms with Crippen molar-refractivity contribution in [2.24, 2.45) is 5.73 Å². The van der Waals surface area contributed by atoms with Gasteiger partial charge in [-0.1, -0.05) is 0 Å². The molecular weight excluding hydrogens is 310 g/mol. The number of thiazole rings is 1. The Kier molecular flexibility index (Phi) is 4.85. The Morgan fingerprint density at radius 2 is 2.00 bits per heavy atom. The fourth-order valence-electron chi connectivity index (χ4n) is 2.15. The lowest BCUT2D eigenvalue weighted by atomic mass is 10.1. The molecule has 0 bridgehead atoms. The standard InChI is InChI=1S/C17H17N3O2S/c1-21-16-8-13(22-10-12-4-6-19-7-5-12)2-3-14(16)15-11-23-17(9-18)20-15/h2-8,11H,9-10,18H2,1H3. The maximum Gasteiger partial charge on any atom is 0.131 e. The molecule has 5 nitrogen and oxygen atoms in total. The van der Waals surface area contributed by atoms with E-state index in [1.54, 1.807) is 30.8 Å². The van der Waals surface area contributed by atoms with Gasteiger partial charge in [0.25, 0.3) is 0 Å². The van der Waals surface area contributed by atoms with E-state index in [1.165, 1.54) is 0 Å². The molecule has 0 aliphatic rings. The van der Waals surface area contributed by atoms with Gasteiger partial charge in [0, 0.05) is 35.9 Å². The van der Waals surface area contributed by atoms with Crippen LogP contribution in [0.25, 0.3) is 11.3 Å². The fraction of sp³-hybridized carbons (Fsp3) is 0.176. The predicted molar refractivity (Wildman–Crippen MR) is 90.6 cm³/mol. The number of nitrogens with zero attached hydrogens (tertiary/aromatic N) is 2. The Balaban J connectivity index is 1.79. The summed E-state index contributed by atoms with van der Waals surface area (Å²) in [6.45, 7) is 0.930. The minimum absolute atomic E-state index is 0.445. The first-order valence-corrected chi connectivity index (χ1v) is 8.02. The van der Waals surface area contributed by atoms with Gasteiger partial charge in [-0.05, 0) is 29.8 Å². The molecule has 0 radical (unpaired) electrons. The van der Waals surface area contributed by atoms with Crippen molar-refractivity contribution in [2.75, 3.05) is 7.11 Å². The largest absolute Gasteiger partial charge is 0.496 e. The lowest BCUT2D eigenvalue weighted by Gasteiger charge is -2.11. The zero-order chi connectivity index (χ0) is 16.1. The summed E-state index contributed by atoms with van der Waals surface area (Å²) in [7, 11) is 1.64. The van der Waals surface area contributed by atoms with Crippen LogP contribution in [-0.4, -0.2) is 17.1 Å². The SMILES string of the molecule is COc1cc(OCc2ccncc2)ccc1-c1csc(CN)n1. The van der Waals surface area contributed by atoms with Gasteiger partial charge in [0.2, 0.25) is 0 Å². The van der Waals surface area contributed by atoms with Gasteiger partial charge in [0.05, 0.1) is 12.8 Å². The molecule has 118 valence electrons. The highest BCUT2D eigenvalue weighted by Gasteiger charge is 2.11. The first kappa shape index (κ1) is 15.5. The topological polar surface area (TPSA) is 70.3 Å². The van der Waals surface area contributed by atoms with Crippen molar-refractivity contribution < 1.29 is 9.47 Å². The first-order chi connectivity index (χ1) is 11.3. The van der Waals surface area contributed by atoms with Gasteiger partial charge in [0.1, 0.15) is 23.1 Å². The Morgan fingerprint density at radius 3 is 2.70 bits per heavy atom. The Hall–Kier alpha value is -2.44. The van der Waals surface area contributed by atoms with Crippen LogP contribution in [0.2, 0.25) is 0 Å². The van der Waals surface area contributed by atoms with Crippen LogP contribution in [0.1, 0.15) is 10.6 Å². The third kappa shape index (κ3) is 3.67. The maximum absolute atomic E-state index is 5.81. The molecule has 23 heavy (non-hydrogen) atoms. The van der Waals surface area contributed by atoms with E-state index in [0.717, 1.165) is 33.3 Å². The van der Waals surface area contributed by atoms with Gasteiger partial charge in [-0.25, -0.2) is 4.98 Å². The molecule has 0 amide bonds. The molecule has 3 aromatic rings. The molecule has 0 fully saturated rings. The molecular formula is C17H17N3O2S. The number of aromatic nitrogens is 2. The molecule has 0 saturated heterocycles. The van der Waals surface area contributed by atoms with Crippen LogP contribution in [0.4, 0.5) is 0 Å². The van der Waals surface area contributed by atoms with Crippen molar-refractivity contribution in [2.45, 2.75) is 13.2 Å². The smallest absolute Gasteiger partial charge is 0.131 e. The van der Waals surface area contributed by atoms with Crippen molar-refractivity contribution in [3.05, 3.63) is 58.7 Å². The summed E-state index contributed by atoms with van der Waals surface area (Å²) < 4.78 is 11.3. The number of hydrogen-bond donors (Lipinski definition) is 1. The van der Waals surface area contributed by atoms with Crippen molar-refractivity contribution >= 4 is 11.3 Å². The van der Waals surface area contributed by atoms with Crippen LogP contribution in [0.5, 0.6) is 11.5 Å². The van der Waals surface area contributed by atoms with Gasteiger partial charge in [-0.3, -0.25) is 4.98 Å². The summed E-state index contributed by atoms with van der Waals surface area (Å²) in [5.41, 5.74) is 8.49. The molecule has 0 aliphatic heterocycles. The van der Waals surface area contributed by atoms with Crippen molar-refractivity contribution in [1.29, 1.82) is 0 Å². The van der Waals surface area contributed by atoms with Gasteiger partial charge >= 0.3 is 0 Å². The number of ether oxygens (including phenoxy) is 2. The second-order valence-electron chi connectivity index (χ2n) is 4.84. The molecule has 0 spiro atoms. The van der Waals surface area contributed by atoms with Gasteiger partial charge in [0.15, 0.2) is 0 Å². The summed E-state index contributed by atoms with van der Waals surface area (Å²) in [6, 6.07) is 9.60. The van der Waals surface area contributed by atoms with E-state index in [0.29, 0.717) is 13.2 Å². The molecule has 6 heteroatoms. The van der Waals surface area contributed by atoms with Crippen molar-refractivity contribution in [1.82, 2.24) is 9.97 Å². The number of methoxy groups -OCH3 is 1. The maximum atomic E-state index is 5.81. The average Bonchev–Trinajstić information content (AvgIpc) is 3.09. The monoisotopic (exact) mass is 327 g/mol. The van der Waals surface area contributed by atoms with E-state index in [9.17, 15) is 0 Å². The number of rotatable bonds is 6. The Morgan fingerprint density at radius 1 is 1.17 bits per heavy atom. The number of hydrogen-bond acceptors (Lipinski definition) is 6. The van der Waals surface area contributed by atoms with Crippen molar-refractivity contribution in [3.63, 3.8) is 0 Å². The second-order valence-corrected chi connectivity index (χ2v) is 5.78. The molecule has 0 atom stereocenters. The summed E-state index contributed by atoms with van der Waals surface area (Å²) >= 11 is 1.55. The molecule has 0 saturated carbocycles. The van der Waals surface area contributed by atoms with E-state index in [4.69, 9.17) is 15.2 Å². The van der Waals surface area contributed by atoms with E-state index < -0.39 is 0 Å². The highest BCUT2D eigenvalue weighted by atomic mass is 32.1. The van der Waals surface area contributed by atoms with Gasteiger partial charge < -0.3 is 15.2 Å². The van der Waals surface area contributed by atoms with Gasteiger partial charge in [-0.2, -0.15) is 0 Å². The highest BCUT2D eigenvalue weighted by Crippen LogP contribution is 2.34. The van der Waals surface area contributed by atoms with Crippen LogP contribution in [-0.2, 0) is 13.2 Å². The molecule has 2 N–H and O–H groups in total. The third-order valence-electron chi connectivity index (χ3n) is 3.33. The second kappa shape index (κ2) is 7.21. The lowest BCUT2D eigenvalue weighted by molar-refractivity contribution is 0.303. The normalized spacial score (nSPS) is 10.5. The molecule has 1 aromatic carbocycles. The average molecular weight is 327 g/mol. The molecule has 3 rings (SSSR count). The van der Waals surface area contributed by atoms with Crippen LogP contribution in [0, 0.1) is 0 Å². The summed E-state index contributed by atoms with van der Waals surface area (Å²) in [5, 5.41) is 2.89. The van der Waals surface area contributed by atoms with E-state index in [-0.39, 0.29) is 0 Å². The van der Waals surface area contributed by atoms with E-state index in [1.807, 2.05) is 35.7 Å². The molecule has 0 aliphatic carbocycles. The fourth-order valence-corrected chi connectivity index (χ4v) is 2.82. The number of benzene rings is 1. The highest BCUT2D eigenvalue weighted by molar-refractivity contribution is 7.09. The van der Waals surface area contributed by atoms with E-state index in [2.05, 4.69) is 9.97 Å². The Labute approximate surface area is 138 Å². The molecule has 2 heterocycles. The minimum Gasteiger partial charge on any atom is -0.496 e. The predicted octanol–water partition coefficient (Wildman–Crippen LogP) is 3.25. The van der Waals surface area contributed by atoms with Crippen LogP contribution >= 0.6 is 11.3 Å².